The number of Topliss-reactive ketones (excluding diaryl/α,β-unsaturated/α-hetero) is 1. The molecule has 0 unspecified atom stereocenters. The second-order valence-electron chi connectivity index (χ2n) is 5.62. The van der Waals surface area contributed by atoms with Crippen LogP contribution in [0.2, 0.25) is 0 Å². The summed E-state index contributed by atoms with van der Waals surface area (Å²) in [7, 11) is 0. The van der Waals surface area contributed by atoms with Crippen molar-refractivity contribution in [2.75, 3.05) is 0 Å². The summed E-state index contributed by atoms with van der Waals surface area (Å²) in [6, 6.07) is 17.9. The van der Waals surface area contributed by atoms with Gasteiger partial charge in [-0.3, -0.25) is 4.79 Å². The van der Waals surface area contributed by atoms with Gasteiger partial charge in [0.05, 0.1) is 6.10 Å². The number of aliphatic hydroxyl groups excluding tert-OH is 1. The van der Waals surface area contributed by atoms with Gasteiger partial charge in [0, 0.05) is 6.42 Å². The Kier molecular flexibility index (Phi) is 6.12. The molecule has 0 heterocycles. The SMILES string of the molecule is C[C@](Cl)(C(=O)C[C@@H](O)c1ccccc1)C(=O)OCc1ccccc1. The average molecular weight is 347 g/mol. The third-order valence-electron chi connectivity index (χ3n) is 3.68. The number of rotatable bonds is 7. The number of alkyl halides is 1. The van der Waals surface area contributed by atoms with E-state index in [2.05, 4.69) is 0 Å². The molecule has 0 aliphatic rings. The first kappa shape index (κ1) is 18.2. The van der Waals surface area contributed by atoms with Gasteiger partial charge in [-0.2, -0.15) is 0 Å². The van der Waals surface area contributed by atoms with Crippen LogP contribution in [0.5, 0.6) is 0 Å². The lowest BCUT2D eigenvalue weighted by molar-refractivity contribution is -0.151. The highest BCUT2D eigenvalue weighted by Gasteiger charge is 2.41. The summed E-state index contributed by atoms with van der Waals surface area (Å²) in [5.74, 6) is -1.41. The van der Waals surface area contributed by atoms with Gasteiger partial charge < -0.3 is 9.84 Å². The van der Waals surface area contributed by atoms with Crippen molar-refractivity contribution in [2.45, 2.75) is 30.9 Å². The van der Waals surface area contributed by atoms with Crippen LogP contribution in [0, 0.1) is 0 Å². The van der Waals surface area contributed by atoms with E-state index in [0.29, 0.717) is 5.56 Å². The number of hydrogen-bond donors (Lipinski definition) is 1. The Balaban J connectivity index is 1.95. The van der Waals surface area contributed by atoms with Crippen molar-refractivity contribution in [1.29, 1.82) is 0 Å². The number of ether oxygens (including phenoxy) is 1. The largest absolute Gasteiger partial charge is 0.459 e. The predicted octanol–water partition coefficient (Wildman–Crippen LogP) is 3.42. The smallest absolute Gasteiger partial charge is 0.334 e. The van der Waals surface area contributed by atoms with E-state index in [9.17, 15) is 14.7 Å². The molecule has 0 bridgehead atoms. The first-order valence-electron chi connectivity index (χ1n) is 7.57. The summed E-state index contributed by atoms with van der Waals surface area (Å²) < 4.78 is 5.13. The Morgan fingerprint density at radius 2 is 1.62 bits per heavy atom. The Bertz CT molecular complexity index is 683. The van der Waals surface area contributed by atoms with Crippen molar-refractivity contribution in [3.8, 4) is 0 Å². The first-order chi connectivity index (χ1) is 11.4. The van der Waals surface area contributed by atoms with Gasteiger partial charge in [0.15, 0.2) is 10.7 Å². The standard InChI is InChI=1S/C19H19ClO4/c1-19(20,18(23)24-13-14-8-4-2-5-9-14)17(22)12-16(21)15-10-6-3-7-11-15/h2-11,16,21H,12-13H2,1H3/t16-,19+/m1/s1. The highest BCUT2D eigenvalue weighted by molar-refractivity contribution is 6.45. The average Bonchev–Trinajstić information content (AvgIpc) is 2.61. The van der Waals surface area contributed by atoms with Crippen molar-refractivity contribution in [3.05, 3.63) is 71.8 Å². The fourth-order valence-corrected chi connectivity index (χ4v) is 2.26. The Morgan fingerprint density at radius 1 is 1.08 bits per heavy atom. The highest BCUT2D eigenvalue weighted by Crippen LogP contribution is 2.25. The fourth-order valence-electron chi connectivity index (χ4n) is 2.13. The molecule has 0 aromatic heterocycles. The number of esters is 1. The maximum atomic E-state index is 12.3. The summed E-state index contributed by atoms with van der Waals surface area (Å²) >= 11 is 6.10. The zero-order valence-corrected chi connectivity index (χ0v) is 14.1. The predicted molar refractivity (Wildman–Crippen MR) is 91.5 cm³/mol. The molecule has 4 nitrogen and oxygen atoms in total. The van der Waals surface area contributed by atoms with Gasteiger partial charge in [-0.1, -0.05) is 72.3 Å². The molecule has 0 aliphatic heterocycles. The van der Waals surface area contributed by atoms with Gasteiger partial charge >= 0.3 is 5.97 Å². The molecular formula is C19H19ClO4. The van der Waals surface area contributed by atoms with Crippen LogP contribution >= 0.6 is 11.6 Å². The minimum absolute atomic E-state index is 0.0382. The lowest BCUT2D eigenvalue weighted by Gasteiger charge is -2.20. The molecule has 0 saturated heterocycles. The molecule has 0 aliphatic carbocycles. The highest BCUT2D eigenvalue weighted by atomic mass is 35.5. The summed E-state index contributed by atoms with van der Waals surface area (Å²) in [4.78, 5) is 22.6. The van der Waals surface area contributed by atoms with Gasteiger partial charge in [0.1, 0.15) is 6.61 Å². The van der Waals surface area contributed by atoms with Gasteiger partial charge in [-0.15, -0.1) is 0 Å². The number of ketones is 1. The Morgan fingerprint density at radius 3 is 2.21 bits per heavy atom. The molecule has 2 atom stereocenters. The van der Waals surface area contributed by atoms with E-state index >= 15 is 0 Å². The van der Waals surface area contributed by atoms with E-state index in [4.69, 9.17) is 16.3 Å². The number of carbonyl (C=O) groups is 2. The quantitative estimate of drug-likeness (QED) is 0.474. The number of aliphatic hydroxyl groups is 1. The van der Waals surface area contributed by atoms with Crippen LogP contribution in [0.4, 0.5) is 0 Å². The molecule has 24 heavy (non-hydrogen) atoms. The normalized spacial score (nSPS) is 14.5. The van der Waals surface area contributed by atoms with E-state index in [1.165, 1.54) is 6.92 Å². The number of benzene rings is 2. The van der Waals surface area contributed by atoms with E-state index < -0.39 is 22.7 Å². The summed E-state index contributed by atoms with van der Waals surface area (Å²) in [6.07, 6.45) is -1.27. The van der Waals surface area contributed by atoms with Crippen LogP contribution in [0.3, 0.4) is 0 Å². The van der Waals surface area contributed by atoms with Crippen LogP contribution in [0.25, 0.3) is 0 Å². The molecular weight excluding hydrogens is 328 g/mol. The Labute approximate surface area is 146 Å². The van der Waals surface area contributed by atoms with Crippen LogP contribution in [0.1, 0.15) is 30.6 Å². The van der Waals surface area contributed by atoms with Crippen LogP contribution in [-0.4, -0.2) is 21.7 Å². The molecule has 0 spiro atoms. The van der Waals surface area contributed by atoms with Crippen molar-refractivity contribution >= 4 is 23.4 Å². The van der Waals surface area contributed by atoms with Gasteiger partial charge in [-0.05, 0) is 18.1 Å². The second kappa shape index (κ2) is 8.08. The zero-order chi connectivity index (χ0) is 17.6. The van der Waals surface area contributed by atoms with E-state index in [1.807, 2.05) is 24.3 Å². The fraction of sp³-hybridized carbons (Fsp3) is 0.263. The monoisotopic (exact) mass is 346 g/mol. The first-order valence-corrected chi connectivity index (χ1v) is 7.95. The van der Waals surface area contributed by atoms with Crippen LogP contribution in [-0.2, 0) is 20.9 Å². The molecule has 2 rings (SSSR count). The minimum atomic E-state index is -1.83. The van der Waals surface area contributed by atoms with Gasteiger partial charge in [-0.25, -0.2) is 4.79 Å². The molecule has 1 N–H and O–H groups in total. The maximum absolute atomic E-state index is 12.3. The minimum Gasteiger partial charge on any atom is -0.459 e. The van der Waals surface area contributed by atoms with E-state index in [1.54, 1.807) is 36.4 Å². The molecule has 0 amide bonds. The third kappa shape index (κ3) is 4.66. The molecule has 0 radical (unpaired) electrons. The molecule has 5 heteroatoms. The number of halogens is 1. The van der Waals surface area contributed by atoms with E-state index in [-0.39, 0.29) is 13.0 Å². The lowest BCUT2D eigenvalue weighted by Crippen LogP contribution is -2.40. The molecule has 0 saturated carbocycles. The molecule has 126 valence electrons. The Hall–Kier alpha value is -2.17. The number of hydrogen-bond acceptors (Lipinski definition) is 4. The topological polar surface area (TPSA) is 63.6 Å². The summed E-state index contributed by atoms with van der Waals surface area (Å²) in [6.45, 7) is 1.33. The van der Waals surface area contributed by atoms with Gasteiger partial charge in [0.25, 0.3) is 0 Å². The summed E-state index contributed by atoms with van der Waals surface area (Å²) in [5, 5.41) is 10.1. The molecule has 2 aromatic rings. The maximum Gasteiger partial charge on any atom is 0.334 e. The molecule has 2 aromatic carbocycles. The summed E-state index contributed by atoms with van der Waals surface area (Å²) in [5.41, 5.74) is 1.39. The zero-order valence-electron chi connectivity index (χ0n) is 13.3. The van der Waals surface area contributed by atoms with Crippen molar-refractivity contribution in [3.63, 3.8) is 0 Å². The third-order valence-corrected chi connectivity index (χ3v) is 4.05. The van der Waals surface area contributed by atoms with Crippen molar-refractivity contribution < 1.29 is 19.4 Å². The van der Waals surface area contributed by atoms with Crippen molar-refractivity contribution in [2.24, 2.45) is 0 Å². The van der Waals surface area contributed by atoms with Crippen molar-refractivity contribution in [1.82, 2.24) is 0 Å². The number of carbonyl (C=O) groups excluding carboxylic acids is 2. The van der Waals surface area contributed by atoms with Crippen LogP contribution < -0.4 is 0 Å². The van der Waals surface area contributed by atoms with Crippen LogP contribution in [0.15, 0.2) is 60.7 Å². The second-order valence-corrected chi connectivity index (χ2v) is 6.37. The van der Waals surface area contributed by atoms with E-state index in [0.717, 1.165) is 5.56 Å². The van der Waals surface area contributed by atoms with Gasteiger partial charge in [0.2, 0.25) is 0 Å². The lowest BCUT2D eigenvalue weighted by atomic mass is 9.97. The molecule has 0 fully saturated rings.